The Morgan fingerprint density at radius 2 is 1.36 bits per heavy atom. The molecule has 0 amide bonds. The second-order valence-corrected chi connectivity index (χ2v) is 6.85. The predicted octanol–water partition coefficient (Wildman–Crippen LogP) is 5.81. The summed E-state index contributed by atoms with van der Waals surface area (Å²) >= 11 is 0. The third-order valence-corrected chi connectivity index (χ3v) is 5.04. The van der Waals surface area contributed by atoms with Crippen molar-refractivity contribution in [2.24, 2.45) is 0 Å². The van der Waals surface area contributed by atoms with Crippen molar-refractivity contribution < 1.29 is 0 Å². The Morgan fingerprint density at radius 3 is 2.29 bits per heavy atom. The van der Waals surface area contributed by atoms with Gasteiger partial charge < -0.3 is 0 Å². The van der Waals surface area contributed by atoms with Gasteiger partial charge in [-0.2, -0.15) is 0 Å². The van der Waals surface area contributed by atoms with Crippen LogP contribution < -0.4 is 0 Å². The minimum absolute atomic E-state index is 0.680. The summed E-state index contributed by atoms with van der Waals surface area (Å²) in [4.78, 5) is 0. The molecule has 1 aromatic heterocycles. The quantitative estimate of drug-likeness (QED) is 0.404. The summed E-state index contributed by atoms with van der Waals surface area (Å²) in [6.45, 7) is 0.680. The number of benzene rings is 4. The molecule has 3 heteroatoms. The van der Waals surface area contributed by atoms with Gasteiger partial charge in [0.05, 0.1) is 12.7 Å². The number of hydrogen-bond donors (Lipinski definition) is 0. The first kappa shape index (κ1) is 16.5. The fourth-order valence-corrected chi connectivity index (χ4v) is 3.67. The van der Waals surface area contributed by atoms with Gasteiger partial charge >= 0.3 is 0 Å². The minimum Gasteiger partial charge on any atom is -0.247 e. The molecule has 0 aliphatic rings. The van der Waals surface area contributed by atoms with E-state index in [-0.39, 0.29) is 0 Å². The van der Waals surface area contributed by atoms with E-state index < -0.39 is 0 Å². The molecular formula is C25H19N3. The number of hydrogen-bond acceptors (Lipinski definition) is 2. The molecular weight excluding hydrogens is 342 g/mol. The summed E-state index contributed by atoms with van der Waals surface area (Å²) in [5, 5.41) is 11.2. The Hall–Kier alpha value is -3.72. The van der Waals surface area contributed by atoms with E-state index in [4.69, 9.17) is 0 Å². The van der Waals surface area contributed by atoms with E-state index in [1.54, 1.807) is 0 Å². The molecule has 0 fully saturated rings. The van der Waals surface area contributed by atoms with Crippen molar-refractivity contribution in [1.29, 1.82) is 0 Å². The predicted molar refractivity (Wildman–Crippen MR) is 114 cm³/mol. The van der Waals surface area contributed by atoms with E-state index >= 15 is 0 Å². The van der Waals surface area contributed by atoms with Crippen LogP contribution in [0.2, 0.25) is 0 Å². The van der Waals surface area contributed by atoms with Crippen molar-refractivity contribution in [3.63, 3.8) is 0 Å². The Kier molecular flexibility index (Phi) is 4.19. The van der Waals surface area contributed by atoms with Crippen LogP contribution in [0.5, 0.6) is 0 Å². The first-order valence-electron chi connectivity index (χ1n) is 9.40. The van der Waals surface area contributed by atoms with Gasteiger partial charge in [0.1, 0.15) is 5.69 Å². The van der Waals surface area contributed by atoms with Crippen LogP contribution in [0.3, 0.4) is 0 Å². The van der Waals surface area contributed by atoms with Gasteiger partial charge in [0, 0.05) is 5.56 Å². The zero-order valence-electron chi connectivity index (χ0n) is 15.4. The van der Waals surface area contributed by atoms with Crippen LogP contribution in [0.15, 0.2) is 103 Å². The Labute approximate surface area is 163 Å². The van der Waals surface area contributed by atoms with Crippen LogP contribution in [0, 0.1) is 0 Å². The molecule has 28 heavy (non-hydrogen) atoms. The summed E-state index contributed by atoms with van der Waals surface area (Å²) < 4.78 is 1.91. The lowest BCUT2D eigenvalue weighted by Gasteiger charge is -2.12. The van der Waals surface area contributed by atoms with Crippen molar-refractivity contribution in [2.75, 3.05) is 0 Å². The molecule has 0 N–H and O–H groups in total. The summed E-state index contributed by atoms with van der Waals surface area (Å²) in [6, 6.07) is 33.7. The molecule has 0 unspecified atom stereocenters. The van der Waals surface area contributed by atoms with E-state index in [0.29, 0.717) is 6.54 Å². The van der Waals surface area contributed by atoms with Crippen LogP contribution in [-0.2, 0) is 6.54 Å². The summed E-state index contributed by atoms with van der Waals surface area (Å²) in [6.07, 6.45) is 2.01. The maximum atomic E-state index is 4.35. The van der Waals surface area contributed by atoms with E-state index in [0.717, 1.165) is 11.3 Å². The van der Waals surface area contributed by atoms with Crippen LogP contribution in [0.25, 0.3) is 33.2 Å². The third kappa shape index (κ3) is 3.08. The van der Waals surface area contributed by atoms with Gasteiger partial charge in [0.25, 0.3) is 0 Å². The first-order valence-corrected chi connectivity index (χ1v) is 9.40. The molecule has 3 nitrogen and oxygen atoms in total. The van der Waals surface area contributed by atoms with Crippen LogP contribution in [0.1, 0.15) is 5.56 Å². The van der Waals surface area contributed by atoms with Crippen LogP contribution >= 0.6 is 0 Å². The van der Waals surface area contributed by atoms with Crippen molar-refractivity contribution in [3.8, 4) is 22.4 Å². The zero-order chi connectivity index (χ0) is 18.8. The highest BCUT2D eigenvalue weighted by atomic mass is 15.4. The molecule has 0 spiro atoms. The van der Waals surface area contributed by atoms with Gasteiger partial charge in [-0.3, -0.25) is 0 Å². The second-order valence-electron chi connectivity index (χ2n) is 6.85. The minimum atomic E-state index is 0.680. The molecule has 0 bridgehead atoms. The zero-order valence-corrected chi connectivity index (χ0v) is 15.4. The number of nitrogens with zero attached hydrogens (tertiary/aromatic N) is 3. The van der Waals surface area contributed by atoms with E-state index in [2.05, 4.69) is 89.2 Å². The molecule has 0 atom stereocenters. The highest BCUT2D eigenvalue weighted by Crippen LogP contribution is 2.31. The fraction of sp³-hybridized carbons (Fsp3) is 0.0400. The smallest absolute Gasteiger partial charge is 0.113 e. The molecule has 0 aliphatic heterocycles. The topological polar surface area (TPSA) is 30.7 Å². The number of rotatable bonds is 4. The van der Waals surface area contributed by atoms with Crippen LogP contribution in [-0.4, -0.2) is 15.0 Å². The highest BCUT2D eigenvalue weighted by molar-refractivity contribution is 5.97. The standard InChI is InChI=1S/C25H19N3/c1-2-10-20(11-3-1)25-18-28(27-26-25)17-21-12-5-7-15-23(21)24-16-8-13-19-9-4-6-14-22(19)24/h1-16,18H,17H2. The third-order valence-electron chi connectivity index (χ3n) is 5.04. The molecule has 1 heterocycles. The molecule has 0 saturated heterocycles. The molecule has 5 aromatic rings. The van der Waals surface area contributed by atoms with E-state index in [1.165, 1.54) is 27.5 Å². The fourth-order valence-electron chi connectivity index (χ4n) is 3.67. The Balaban J connectivity index is 1.54. The summed E-state index contributed by atoms with van der Waals surface area (Å²) in [5.41, 5.74) is 5.68. The van der Waals surface area contributed by atoms with Gasteiger partial charge in [0.2, 0.25) is 0 Å². The highest BCUT2D eigenvalue weighted by Gasteiger charge is 2.10. The molecule has 5 rings (SSSR count). The van der Waals surface area contributed by atoms with E-state index in [1.807, 2.05) is 29.1 Å². The molecule has 134 valence electrons. The van der Waals surface area contributed by atoms with E-state index in [9.17, 15) is 0 Å². The lowest BCUT2D eigenvalue weighted by molar-refractivity contribution is 0.650. The maximum Gasteiger partial charge on any atom is 0.113 e. The monoisotopic (exact) mass is 361 g/mol. The maximum absolute atomic E-state index is 4.35. The molecule has 0 saturated carbocycles. The Bertz CT molecular complexity index is 1230. The molecule has 0 aliphatic carbocycles. The number of aromatic nitrogens is 3. The first-order chi connectivity index (χ1) is 13.9. The van der Waals surface area contributed by atoms with Crippen LogP contribution in [0.4, 0.5) is 0 Å². The van der Waals surface area contributed by atoms with Crippen molar-refractivity contribution in [3.05, 3.63) is 109 Å². The van der Waals surface area contributed by atoms with Gasteiger partial charge in [-0.1, -0.05) is 102 Å². The largest absolute Gasteiger partial charge is 0.247 e. The van der Waals surface area contributed by atoms with Gasteiger partial charge in [0.15, 0.2) is 0 Å². The van der Waals surface area contributed by atoms with Crippen molar-refractivity contribution in [1.82, 2.24) is 15.0 Å². The molecule has 0 radical (unpaired) electrons. The van der Waals surface area contributed by atoms with Crippen molar-refractivity contribution in [2.45, 2.75) is 6.54 Å². The SMILES string of the molecule is c1ccc(-c2cn(Cc3ccccc3-c3cccc4ccccc34)nn2)cc1. The lowest BCUT2D eigenvalue weighted by Crippen LogP contribution is -2.02. The van der Waals surface area contributed by atoms with Gasteiger partial charge in [-0.15, -0.1) is 5.10 Å². The normalized spacial score (nSPS) is 11.0. The average molecular weight is 361 g/mol. The molecule has 4 aromatic carbocycles. The Morgan fingerprint density at radius 1 is 0.643 bits per heavy atom. The summed E-state index contributed by atoms with van der Waals surface area (Å²) in [5.74, 6) is 0. The van der Waals surface area contributed by atoms with Gasteiger partial charge in [-0.25, -0.2) is 4.68 Å². The van der Waals surface area contributed by atoms with Crippen molar-refractivity contribution >= 4 is 10.8 Å². The summed E-state index contributed by atoms with van der Waals surface area (Å²) in [7, 11) is 0. The van der Waals surface area contributed by atoms with Gasteiger partial charge in [-0.05, 0) is 27.5 Å². The number of fused-ring (bicyclic) bond motifs is 1. The lowest BCUT2D eigenvalue weighted by atomic mass is 9.94. The second kappa shape index (κ2) is 7.12. The average Bonchev–Trinajstić information content (AvgIpc) is 3.23.